The first-order valence-electron chi connectivity index (χ1n) is 13.3. The molecule has 0 amide bonds. The van der Waals surface area contributed by atoms with Crippen LogP contribution in [0.2, 0.25) is 0 Å². The van der Waals surface area contributed by atoms with Crippen LogP contribution in [0.25, 0.3) is 0 Å². The molecule has 0 saturated heterocycles. The third-order valence-electron chi connectivity index (χ3n) is 11.6. The molecule has 0 bridgehead atoms. The van der Waals surface area contributed by atoms with Crippen molar-refractivity contribution in [1.82, 2.24) is 0 Å². The fourth-order valence-corrected chi connectivity index (χ4v) is 9.27. The molecule has 4 aliphatic rings. The number of fused-ring (bicyclic) bond motifs is 5. The maximum absolute atomic E-state index is 10.3. The van der Waals surface area contributed by atoms with E-state index in [1.165, 1.54) is 57.8 Å². The molecule has 0 aromatic carbocycles. The summed E-state index contributed by atoms with van der Waals surface area (Å²) in [6.45, 7) is 15.2. The minimum atomic E-state index is -0.0107. The summed E-state index contributed by atoms with van der Waals surface area (Å²) in [5.74, 6) is 7.28. The number of aliphatic hydroxyl groups excluding tert-OH is 1. The molecule has 1 N–H and O–H groups in total. The van der Waals surface area contributed by atoms with Crippen LogP contribution in [0.1, 0.15) is 112 Å². The van der Waals surface area contributed by atoms with E-state index in [0.29, 0.717) is 10.8 Å². The van der Waals surface area contributed by atoms with Gasteiger partial charge in [0, 0.05) is 0 Å². The second-order valence-electron chi connectivity index (χ2n) is 13.1. The van der Waals surface area contributed by atoms with Crippen molar-refractivity contribution in [3.8, 4) is 0 Å². The number of aliphatic hydroxyl groups is 1. The van der Waals surface area contributed by atoms with Crippen LogP contribution in [0.5, 0.6) is 0 Å². The van der Waals surface area contributed by atoms with E-state index in [1.807, 2.05) is 0 Å². The van der Waals surface area contributed by atoms with Gasteiger partial charge in [0.2, 0.25) is 0 Å². The van der Waals surface area contributed by atoms with Crippen LogP contribution in [0.3, 0.4) is 0 Å². The van der Waals surface area contributed by atoms with Crippen LogP contribution in [-0.2, 0) is 0 Å². The summed E-state index contributed by atoms with van der Waals surface area (Å²) >= 11 is 0. The topological polar surface area (TPSA) is 20.2 Å². The van der Waals surface area contributed by atoms with Gasteiger partial charge in [-0.1, -0.05) is 54.4 Å². The molecule has 1 heteroatoms. The molecule has 0 unspecified atom stereocenters. The molecular formula is C28H50O. The first-order valence-corrected chi connectivity index (χ1v) is 13.3. The maximum atomic E-state index is 10.3. The van der Waals surface area contributed by atoms with E-state index in [0.717, 1.165) is 60.2 Å². The molecule has 0 radical (unpaired) electrons. The highest BCUT2D eigenvalue weighted by molar-refractivity contribution is 5.09. The first-order chi connectivity index (χ1) is 13.7. The molecule has 0 aromatic heterocycles. The molecule has 0 aliphatic heterocycles. The molecule has 10 atom stereocenters. The SMILES string of the molecule is CC(C)[C@@H](C)CC[C@@H](C)[C@@H]1CC[C@@H]2[C@@H]3CC[C@H]4C[C@H](O)CC[C@@]4(C)[C@@H]3CC[C@]21C. The van der Waals surface area contributed by atoms with Crippen molar-refractivity contribution in [3.05, 3.63) is 0 Å². The summed E-state index contributed by atoms with van der Waals surface area (Å²) < 4.78 is 0. The van der Waals surface area contributed by atoms with Crippen molar-refractivity contribution in [1.29, 1.82) is 0 Å². The molecule has 4 aliphatic carbocycles. The lowest BCUT2D eigenvalue weighted by Gasteiger charge is -2.61. The monoisotopic (exact) mass is 402 g/mol. The smallest absolute Gasteiger partial charge is 0.0543 e. The van der Waals surface area contributed by atoms with Crippen LogP contribution >= 0.6 is 0 Å². The van der Waals surface area contributed by atoms with Gasteiger partial charge in [0.25, 0.3) is 0 Å². The summed E-state index contributed by atoms with van der Waals surface area (Å²) in [5, 5.41) is 10.3. The van der Waals surface area contributed by atoms with E-state index in [2.05, 4.69) is 41.5 Å². The van der Waals surface area contributed by atoms with E-state index in [9.17, 15) is 5.11 Å². The van der Waals surface area contributed by atoms with Gasteiger partial charge < -0.3 is 5.11 Å². The molecule has 0 spiro atoms. The van der Waals surface area contributed by atoms with Gasteiger partial charge in [0.15, 0.2) is 0 Å². The Morgan fingerprint density at radius 3 is 2.21 bits per heavy atom. The van der Waals surface area contributed by atoms with E-state index < -0.39 is 0 Å². The van der Waals surface area contributed by atoms with Crippen LogP contribution in [0, 0.1) is 58.2 Å². The molecule has 0 aromatic rings. The number of hydrogen-bond donors (Lipinski definition) is 1. The molecular weight excluding hydrogens is 352 g/mol. The average molecular weight is 403 g/mol. The predicted octanol–water partition coefficient (Wildman–Crippen LogP) is 7.71. The lowest BCUT2D eigenvalue weighted by atomic mass is 9.44. The van der Waals surface area contributed by atoms with Crippen LogP contribution < -0.4 is 0 Å². The zero-order valence-electron chi connectivity index (χ0n) is 20.4. The van der Waals surface area contributed by atoms with Crippen molar-refractivity contribution in [3.63, 3.8) is 0 Å². The van der Waals surface area contributed by atoms with Crippen molar-refractivity contribution >= 4 is 0 Å². The quantitative estimate of drug-likeness (QED) is 0.499. The van der Waals surface area contributed by atoms with Gasteiger partial charge in [0.1, 0.15) is 0 Å². The maximum Gasteiger partial charge on any atom is 0.0543 e. The zero-order chi connectivity index (χ0) is 21.0. The summed E-state index contributed by atoms with van der Waals surface area (Å²) in [6, 6.07) is 0. The molecule has 4 saturated carbocycles. The number of rotatable bonds is 5. The van der Waals surface area contributed by atoms with Gasteiger partial charge in [-0.05, 0) is 116 Å². The summed E-state index contributed by atoms with van der Waals surface area (Å²) in [6.07, 6.45) is 15.1. The highest BCUT2D eigenvalue weighted by Crippen LogP contribution is 2.68. The minimum Gasteiger partial charge on any atom is -0.393 e. The van der Waals surface area contributed by atoms with Gasteiger partial charge in [-0.25, -0.2) is 0 Å². The second-order valence-corrected chi connectivity index (χ2v) is 13.1. The van der Waals surface area contributed by atoms with Crippen LogP contribution in [0.4, 0.5) is 0 Å². The van der Waals surface area contributed by atoms with Gasteiger partial charge in [-0.15, -0.1) is 0 Å². The van der Waals surface area contributed by atoms with Crippen molar-refractivity contribution < 1.29 is 5.11 Å². The lowest BCUT2D eigenvalue weighted by molar-refractivity contribution is -0.129. The predicted molar refractivity (Wildman–Crippen MR) is 124 cm³/mol. The second kappa shape index (κ2) is 8.14. The third-order valence-corrected chi connectivity index (χ3v) is 11.6. The standard InChI is InChI=1S/C28H50O/c1-18(2)19(3)7-8-20(4)24-11-12-25-23-10-9-21-17-22(29)13-15-27(21,5)26(23)14-16-28(24,25)6/h18-26,29H,7-17H2,1-6H3/t19-,20+,21-,22+,23-,24-,25+,26+,27+,28-/m0/s1. The molecule has 0 heterocycles. The van der Waals surface area contributed by atoms with Crippen LogP contribution in [0.15, 0.2) is 0 Å². The average Bonchev–Trinajstić information content (AvgIpc) is 3.03. The normalized spacial score (nSPS) is 49.2. The Kier molecular flexibility index (Phi) is 6.22. The van der Waals surface area contributed by atoms with Crippen LogP contribution in [-0.4, -0.2) is 11.2 Å². The van der Waals surface area contributed by atoms with E-state index in [1.54, 1.807) is 0 Å². The fraction of sp³-hybridized carbons (Fsp3) is 1.00. The Morgan fingerprint density at radius 1 is 0.793 bits per heavy atom. The largest absolute Gasteiger partial charge is 0.393 e. The molecule has 4 rings (SSSR count). The number of hydrogen-bond acceptors (Lipinski definition) is 1. The Morgan fingerprint density at radius 2 is 1.48 bits per heavy atom. The minimum absolute atomic E-state index is 0.0107. The summed E-state index contributed by atoms with van der Waals surface area (Å²) in [4.78, 5) is 0. The zero-order valence-corrected chi connectivity index (χ0v) is 20.4. The van der Waals surface area contributed by atoms with Crippen molar-refractivity contribution in [2.75, 3.05) is 0 Å². The van der Waals surface area contributed by atoms with E-state index in [4.69, 9.17) is 0 Å². The highest BCUT2D eigenvalue weighted by atomic mass is 16.3. The van der Waals surface area contributed by atoms with Crippen molar-refractivity contribution in [2.24, 2.45) is 58.2 Å². The van der Waals surface area contributed by atoms with Gasteiger partial charge in [-0.2, -0.15) is 0 Å². The van der Waals surface area contributed by atoms with Gasteiger partial charge in [0.05, 0.1) is 6.10 Å². The fourth-order valence-electron chi connectivity index (χ4n) is 9.27. The Bertz CT molecular complexity index is 569. The van der Waals surface area contributed by atoms with E-state index in [-0.39, 0.29) is 6.10 Å². The summed E-state index contributed by atoms with van der Waals surface area (Å²) in [5.41, 5.74) is 1.14. The molecule has 4 fully saturated rings. The van der Waals surface area contributed by atoms with Crippen molar-refractivity contribution in [2.45, 2.75) is 118 Å². The molecule has 1 nitrogen and oxygen atoms in total. The Hall–Kier alpha value is -0.0400. The summed E-state index contributed by atoms with van der Waals surface area (Å²) in [7, 11) is 0. The first kappa shape index (κ1) is 22.2. The van der Waals surface area contributed by atoms with Gasteiger partial charge >= 0.3 is 0 Å². The highest BCUT2D eigenvalue weighted by Gasteiger charge is 2.60. The van der Waals surface area contributed by atoms with E-state index >= 15 is 0 Å². The Labute approximate surface area is 181 Å². The molecule has 29 heavy (non-hydrogen) atoms. The third kappa shape index (κ3) is 3.74. The lowest BCUT2D eigenvalue weighted by Crippen LogP contribution is -2.54. The molecule has 168 valence electrons. The van der Waals surface area contributed by atoms with Gasteiger partial charge in [-0.3, -0.25) is 0 Å². The Balaban J connectivity index is 1.46.